The fourth-order valence-corrected chi connectivity index (χ4v) is 5.82. The number of carbonyl (C=O) groups excluding carboxylic acids is 1. The van der Waals surface area contributed by atoms with Crippen LogP contribution >= 0.6 is 46.6 Å². The molecule has 1 saturated heterocycles. The smallest absolute Gasteiger partial charge is 0.272 e. The Labute approximate surface area is 267 Å². The third kappa shape index (κ3) is 7.79. The maximum atomic E-state index is 11.9. The number of phenols is 1. The lowest BCUT2D eigenvalue weighted by Gasteiger charge is -2.41. The third-order valence-corrected chi connectivity index (χ3v) is 8.52. The predicted molar refractivity (Wildman–Crippen MR) is 163 cm³/mol. The number of hydrogen-bond acceptors (Lipinski definition) is 9. The minimum Gasteiger partial charge on any atom is -0.508 e. The Kier molecular flexibility index (Phi) is 10.1. The zero-order valence-corrected chi connectivity index (χ0v) is 25.9. The van der Waals surface area contributed by atoms with Gasteiger partial charge in [-0.05, 0) is 51.4 Å². The van der Waals surface area contributed by atoms with Gasteiger partial charge in [-0.25, -0.2) is 0 Å². The van der Waals surface area contributed by atoms with Gasteiger partial charge in [0.15, 0.2) is 6.29 Å². The maximum Gasteiger partial charge on any atom is 0.272 e. The molecule has 0 spiro atoms. The molecule has 10 nitrogen and oxygen atoms in total. The van der Waals surface area contributed by atoms with Gasteiger partial charge in [-0.3, -0.25) is 4.79 Å². The van der Waals surface area contributed by atoms with E-state index in [-0.39, 0.29) is 37.0 Å². The molecule has 3 N–H and O–H groups in total. The fourth-order valence-electron chi connectivity index (χ4n) is 4.57. The third-order valence-electron chi connectivity index (χ3n) is 7.00. The number of benzene rings is 3. The van der Waals surface area contributed by atoms with E-state index in [1.807, 2.05) is 48.5 Å². The van der Waals surface area contributed by atoms with Gasteiger partial charge in [-0.15, -0.1) is 5.10 Å². The van der Waals surface area contributed by atoms with Crippen molar-refractivity contribution in [3.63, 3.8) is 0 Å². The second-order valence-electron chi connectivity index (χ2n) is 9.94. The van der Waals surface area contributed by atoms with E-state index in [0.29, 0.717) is 10.9 Å². The van der Waals surface area contributed by atoms with Crippen molar-refractivity contribution in [2.24, 2.45) is 5.92 Å². The van der Waals surface area contributed by atoms with Gasteiger partial charge in [-0.1, -0.05) is 102 Å². The SMILES string of the molecule is C[C@H]1[C@@H](CSc2nnnn2-c2ccc(O)cc2)O[C@@H](c2ccc(CNC(=O)C(Cl)(Cl)Cl)cc2)O[C@H]1c1ccc(CO)cc1. The average molecular weight is 665 g/mol. The maximum absolute atomic E-state index is 11.9. The van der Waals surface area contributed by atoms with E-state index < -0.39 is 16.0 Å². The molecule has 1 aliphatic heterocycles. The molecular formula is C29H28Cl3N5O5S. The first-order valence-corrected chi connectivity index (χ1v) is 15.4. The number of carbonyl (C=O) groups is 1. The van der Waals surface area contributed by atoms with Crippen LogP contribution in [-0.2, 0) is 27.4 Å². The summed E-state index contributed by atoms with van der Waals surface area (Å²) in [7, 11) is 0. The van der Waals surface area contributed by atoms with Gasteiger partial charge in [0.2, 0.25) is 5.16 Å². The first-order chi connectivity index (χ1) is 20.6. The molecule has 0 bridgehead atoms. The standard InChI is InChI=1S/C29H28Cl3N5O5S/c1-17-24(16-43-28-34-35-36-37(28)22-10-12-23(39)13-11-22)41-26(42-25(17)20-6-4-19(15-38)5-7-20)21-8-2-18(3-9-21)14-33-27(40)29(30,31)32/h2-13,17,24-26,38-39H,14-16H2,1H3,(H,33,40)/t17-,24+,25+,26+/m0/s1. The number of halogens is 3. The van der Waals surface area contributed by atoms with Crippen LogP contribution in [0.25, 0.3) is 5.69 Å². The van der Waals surface area contributed by atoms with Crippen molar-refractivity contribution in [3.8, 4) is 11.4 Å². The Morgan fingerprint density at radius 3 is 2.28 bits per heavy atom. The highest BCUT2D eigenvalue weighted by Crippen LogP contribution is 2.43. The van der Waals surface area contributed by atoms with Gasteiger partial charge < -0.3 is 25.0 Å². The highest BCUT2D eigenvalue weighted by Gasteiger charge is 2.38. The minimum absolute atomic E-state index is 0.0434. The number of alkyl halides is 3. The molecule has 1 fully saturated rings. The molecule has 0 aliphatic carbocycles. The van der Waals surface area contributed by atoms with Gasteiger partial charge in [0.1, 0.15) is 5.75 Å². The molecule has 1 aromatic heterocycles. The van der Waals surface area contributed by atoms with E-state index in [9.17, 15) is 15.0 Å². The summed E-state index contributed by atoms with van der Waals surface area (Å²) in [6.07, 6.45) is -1.23. The van der Waals surface area contributed by atoms with Gasteiger partial charge in [0.25, 0.3) is 9.70 Å². The minimum atomic E-state index is -2.04. The van der Waals surface area contributed by atoms with Gasteiger partial charge in [0.05, 0.1) is 24.5 Å². The second kappa shape index (κ2) is 13.8. The predicted octanol–water partition coefficient (Wildman–Crippen LogP) is 5.43. The number of nitrogens with one attached hydrogen (secondary N) is 1. The van der Waals surface area contributed by atoms with Crippen molar-refractivity contribution in [2.75, 3.05) is 5.75 Å². The number of aromatic nitrogens is 4. The average Bonchev–Trinajstić information content (AvgIpc) is 3.48. The first kappa shape index (κ1) is 31.5. The normalized spacial score (nSPS) is 20.6. The molecule has 4 atom stereocenters. The highest BCUT2D eigenvalue weighted by atomic mass is 35.6. The zero-order valence-electron chi connectivity index (χ0n) is 22.8. The monoisotopic (exact) mass is 663 g/mol. The second-order valence-corrected chi connectivity index (χ2v) is 13.2. The van der Waals surface area contributed by atoms with Crippen LogP contribution in [0.2, 0.25) is 0 Å². The van der Waals surface area contributed by atoms with Crippen LogP contribution in [0.4, 0.5) is 0 Å². The summed E-state index contributed by atoms with van der Waals surface area (Å²) < 4.78 is 12.6. The molecule has 14 heteroatoms. The number of amides is 1. The number of aromatic hydroxyl groups is 1. The molecule has 0 saturated carbocycles. The van der Waals surface area contributed by atoms with Gasteiger partial charge in [0, 0.05) is 23.8 Å². The van der Waals surface area contributed by atoms with Crippen molar-refractivity contribution in [3.05, 3.63) is 95.1 Å². The number of ether oxygens (including phenoxy) is 2. The topological polar surface area (TPSA) is 132 Å². The number of nitrogens with zero attached hydrogens (tertiary/aromatic N) is 4. The molecule has 226 valence electrons. The summed E-state index contributed by atoms with van der Waals surface area (Å²) in [5, 5.41) is 34.5. The molecule has 0 radical (unpaired) electrons. The quantitative estimate of drug-likeness (QED) is 0.158. The lowest BCUT2D eigenvalue weighted by molar-refractivity contribution is -0.268. The number of phenolic OH excluding ortho intramolecular Hbond substituents is 1. The lowest BCUT2D eigenvalue weighted by atomic mass is 9.91. The number of tetrazole rings is 1. The van der Waals surface area contributed by atoms with E-state index in [4.69, 9.17) is 44.3 Å². The molecule has 5 rings (SSSR count). The van der Waals surface area contributed by atoms with E-state index in [2.05, 4.69) is 27.8 Å². The Morgan fingerprint density at radius 2 is 1.63 bits per heavy atom. The number of thioether (sulfide) groups is 1. The number of rotatable bonds is 9. The van der Waals surface area contributed by atoms with E-state index in [1.54, 1.807) is 28.9 Å². The molecule has 2 heterocycles. The van der Waals surface area contributed by atoms with Crippen LogP contribution < -0.4 is 5.32 Å². The summed E-state index contributed by atoms with van der Waals surface area (Å²) in [6.45, 7) is 2.22. The van der Waals surface area contributed by atoms with Crippen LogP contribution in [0.1, 0.15) is 41.6 Å². The summed E-state index contributed by atoms with van der Waals surface area (Å²) >= 11 is 18.4. The van der Waals surface area contributed by atoms with Crippen LogP contribution in [0, 0.1) is 5.92 Å². The Hall–Kier alpha value is -2.90. The highest BCUT2D eigenvalue weighted by molar-refractivity contribution is 7.99. The lowest BCUT2D eigenvalue weighted by Crippen LogP contribution is -2.38. The molecule has 1 amide bonds. The van der Waals surface area contributed by atoms with Crippen molar-refractivity contribution in [2.45, 2.75) is 47.5 Å². The van der Waals surface area contributed by atoms with Crippen molar-refractivity contribution < 1.29 is 24.5 Å². The Bertz CT molecular complexity index is 1520. The first-order valence-electron chi connectivity index (χ1n) is 13.3. The molecular weight excluding hydrogens is 637 g/mol. The van der Waals surface area contributed by atoms with Crippen LogP contribution in [0.5, 0.6) is 5.75 Å². The van der Waals surface area contributed by atoms with Crippen molar-refractivity contribution in [1.29, 1.82) is 0 Å². The van der Waals surface area contributed by atoms with Crippen molar-refractivity contribution in [1.82, 2.24) is 25.5 Å². The molecule has 3 aromatic carbocycles. The number of aliphatic hydroxyl groups excluding tert-OH is 1. The summed E-state index contributed by atoms with van der Waals surface area (Å²) in [5.41, 5.74) is 4.10. The summed E-state index contributed by atoms with van der Waals surface area (Å²) in [5.74, 6) is -0.0640. The van der Waals surface area contributed by atoms with Gasteiger partial charge in [-0.2, -0.15) is 4.68 Å². The fraction of sp³-hybridized carbons (Fsp3) is 0.310. The zero-order chi connectivity index (χ0) is 30.6. The van der Waals surface area contributed by atoms with Crippen LogP contribution in [0.3, 0.4) is 0 Å². The molecule has 1 aliphatic rings. The Balaban J connectivity index is 1.34. The number of hydrogen-bond donors (Lipinski definition) is 3. The van der Waals surface area contributed by atoms with E-state index in [1.165, 1.54) is 11.8 Å². The van der Waals surface area contributed by atoms with Gasteiger partial charge >= 0.3 is 0 Å². The van der Waals surface area contributed by atoms with Crippen LogP contribution in [0.15, 0.2) is 78.0 Å². The van der Waals surface area contributed by atoms with Crippen molar-refractivity contribution >= 4 is 52.5 Å². The summed E-state index contributed by atoms with van der Waals surface area (Å²) in [6, 6.07) is 21.7. The molecule has 0 unspecified atom stereocenters. The summed E-state index contributed by atoms with van der Waals surface area (Å²) in [4.78, 5) is 11.9. The molecule has 43 heavy (non-hydrogen) atoms. The Morgan fingerprint density at radius 1 is 0.977 bits per heavy atom. The largest absolute Gasteiger partial charge is 0.508 e. The van der Waals surface area contributed by atoms with Crippen LogP contribution in [-0.4, -0.2) is 52.0 Å². The van der Waals surface area contributed by atoms with E-state index in [0.717, 1.165) is 27.9 Å². The molecule has 4 aromatic rings. The number of aliphatic hydroxyl groups is 1. The van der Waals surface area contributed by atoms with E-state index >= 15 is 0 Å².